The van der Waals surface area contributed by atoms with Crippen molar-refractivity contribution in [3.05, 3.63) is 0 Å². The average Bonchev–Trinajstić information content (AvgIpc) is 3.08. The minimum atomic E-state index is -0.896. The van der Waals surface area contributed by atoms with Crippen molar-refractivity contribution in [2.75, 3.05) is 12.3 Å². The van der Waals surface area contributed by atoms with Crippen molar-refractivity contribution in [2.45, 2.75) is 63.3 Å². The normalized spacial score (nSPS) is 26.2. The molecule has 2 rings (SSSR count). The Kier molecular flexibility index (Phi) is 6.21. The van der Waals surface area contributed by atoms with Gasteiger partial charge in [-0.2, -0.15) is 0 Å². The van der Waals surface area contributed by atoms with E-state index in [0.29, 0.717) is 12.3 Å². The van der Waals surface area contributed by atoms with Crippen LogP contribution in [0.4, 0.5) is 4.79 Å². The van der Waals surface area contributed by atoms with Crippen LogP contribution in [0.2, 0.25) is 0 Å². The first-order chi connectivity index (χ1) is 10.1. The van der Waals surface area contributed by atoms with E-state index in [2.05, 4.69) is 12.2 Å². The first kappa shape index (κ1) is 16.5. The number of carbonyl (C=O) groups is 2. The van der Waals surface area contributed by atoms with Crippen molar-refractivity contribution in [3.63, 3.8) is 0 Å². The highest BCUT2D eigenvalue weighted by Gasteiger charge is 2.41. The summed E-state index contributed by atoms with van der Waals surface area (Å²) in [6.07, 6.45) is 7.97. The van der Waals surface area contributed by atoms with E-state index in [1.807, 2.05) is 0 Å². The highest BCUT2D eigenvalue weighted by Crippen LogP contribution is 2.32. The first-order valence-electron chi connectivity index (χ1n) is 8.04. The third-order valence-electron chi connectivity index (χ3n) is 4.45. The average molecular weight is 314 g/mol. The fourth-order valence-electron chi connectivity index (χ4n) is 3.27. The van der Waals surface area contributed by atoms with Gasteiger partial charge in [-0.15, -0.1) is 11.8 Å². The van der Waals surface area contributed by atoms with Crippen molar-refractivity contribution in [2.24, 2.45) is 5.92 Å². The van der Waals surface area contributed by atoms with Crippen LogP contribution in [0.3, 0.4) is 0 Å². The Balaban J connectivity index is 1.85. The summed E-state index contributed by atoms with van der Waals surface area (Å²) < 4.78 is 0. The fourth-order valence-corrected chi connectivity index (χ4v) is 4.78. The molecule has 2 unspecified atom stereocenters. The van der Waals surface area contributed by atoms with E-state index in [0.717, 1.165) is 25.2 Å². The predicted octanol–water partition coefficient (Wildman–Crippen LogP) is 2.90. The summed E-state index contributed by atoms with van der Waals surface area (Å²) in [4.78, 5) is 25.2. The van der Waals surface area contributed by atoms with E-state index in [-0.39, 0.29) is 11.4 Å². The Morgan fingerprint density at radius 2 is 2.00 bits per heavy atom. The molecule has 2 atom stereocenters. The molecule has 6 heteroatoms. The van der Waals surface area contributed by atoms with Gasteiger partial charge in [0.15, 0.2) is 0 Å². The van der Waals surface area contributed by atoms with Gasteiger partial charge in [-0.25, -0.2) is 9.59 Å². The lowest BCUT2D eigenvalue weighted by Crippen LogP contribution is -2.50. The minimum absolute atomic E-state index is 0.00239. The monoisotopic (exact) mass is 314 g/mol. The van der Waals surface area contributed by atoms with Gasteiger partial charge in [-0.1, -0.05) is 39.0 Å². The van der Waals surface area contributed by atoms with Gasteiger partial charge >= 0.3 is 12.0 Å². The van der Waals surface area contributed by atoms with Crippen molar-refractivity contribution < 1.29 is 14.7 Å². The quantitative estimate of drug-likeness (QED) is 0.791. The first-order valence-corrected chi connectivity index (χ1v) is 9.09. The SMILES string of the molecule is CCCC1SCC(C(=O)O)N1C(=O)NCCC1CCCC1. The molecule has 120 valence electrons. The number of carbonyl (C=O) groups excluding carboxylic acids is 1. The molecule has 5 nitrogen and oxygen atoms in total. The van der Waals surface area contributed by atoms with Gasteiger partial charge in [-0.3, -0.25) is 4.90 Å². The smallest absolute Gasteiger partial charge is 0.327 e. The highest BCUT2D eigenvalue weighted by atomic mass is 32.2. The van der Waals surface area contributed by atoms with Crippen LogP contribution in [0.25, 0.3) is 0 Å². The van der Waals surface area contributed by atoms with Gasteiger partial charge in [0.1, 0.15) is 6.04 Å². The Hall–Kier alpha value is -0.910. The molecular formula is C15H26N2O3S. The van der Waals surface area contributed by atoms with Crippen molar-refractivity contribution in [3.8, 4) is 0 Å². The molecular weight excluding hydrogens is 288 g/mol. The number of hydrogen-bond donors (Lipinski definition) is 2. The molecule has 1 saturated carbocycles. The molecule has 21 heavy (non-hydrogen) atoms. The Bertz CT molecular complexity index is 372. The number of nitrogens with one attached hydrogen (secondary N) is 1. The lowest BCUT2D eigenvalue weighted by molar-refractivity contribution is -0.141. The lowest BCUT2D eigenvalue weighted by Gasteiger charge is -2.27. The number of carboxylic acids is 1. The Morgan fingerprint density at radius 1 is 1.29 bits per heavy atom. The third-order valence-corrected chi connectivity index (χ3v) is 5.81. The molecule has 2 aliphatic rings. The predicted molar refractivity (Wildman–Crippen MR) is 84.4 cm³/mol. The topological polar surface area (TPSA) is 69.6 Å². The minimum Gasteiger partial charge on any atom is -0.480 e. The van der Waals surface area contributed by atoms with Gasteiger partial charge in [0, 0.05) is 12.3 Å². The van der Waals surface area contributed by atoms with Crippen LogP contribution in [0.1, 0.15) is 51.9 Å². The van der Waals surface area contributed by atoms with Crippen LogP contribution in [0, 0.1) is 5.92 Å². The van der Waals surface area contributed by atoms with Crippen molar-refractivity contribution >= 4 is 23.8 Å². The van der Waals surface area contributed by atoms with E-state index in [1.54, 1.807) is 16.7 Å². The Labute approximate surface area is 130 Å². The van der Waals surface area contributed by atoms with Gasteiger partial charge in [-0.05, 0) is 18.8 Å². The number of nitrogens with zero attached hydrogens (tertiary/aromatic N) is 1. The largest absolute Gasteiger partial charge is 0.480 e. The number of hydrogen-bond acceptors (Lipinski definition) is 3. The fraction of sp³-hybridized carbons (Fsp3) is 0.867. The van der Waals surface area contributed by atoms with E-state index in [4.69, 9.17) is 0 Å². The molecule has 0 spiro atoms. The lowest BCUT2D eigenvalue weighted by atomic mass is 10.0. The second-order valence-corrected chi connectivity index (χ2v) is 7.22. The van der Waals surface area contributed by atoms with Crippen molar-refractivity contribution in [1.82, 2.24) is 10.2 Å². The second-order valence-electron chi connectivity index (χ2n) is 6.01. The van der Waals surface area contributed by atoms with E-state index >= 15 is 0 Å². The summed E-state index contributed by atoms with van der Waals surface area (Å²) in [5, 5.41) is 12.2. The zero-order chi connectivity index (χ0) is 15.2. The molecule has 2 fully saturated rings. The number of rotatable bonds is 6. The molecule has 0 bridgehead atoms. The van der Waals surface area contributed by atoms with Crippen LogP contribution in [-0.2, 0) is 4.79 Å². The van der Waals surface area contributed by atoms with E-state index < -0.39 is 12.0 Å². The van der Waals surface area contributed by atoms with Crippen LogP contribution >= 0.6 is 11.8 Å². The van der Waals surface area contributed by atoms with Crippen LogP contribution in [0.15, 0.2) is 0 Å². The molecule has 0 aromatic rings. The number of carboxylic acid groups (broad SMARTS) is 1. The maximum absolute atomic E-state index is 12.4. The standard InChI is InChI=1S/C15H26N2O3S/c1-2-5-13-17(12(10-21-13)14(18)19)15(20)16-9-8-11-6-3-4-7-11/h11-13H,2-10H2,1H3,(H,16,20)(H,18,19). The molecule has 1 heterocycles. The van der Waals surface area contributed by atoms with Gasteiger partial charge in [0.05, 0.1) is 5.37 Å². The summed E-state index contributed by atoms with van der Waals surface area (Å²) in [5.41, 5.74) is 0. The summed E-state index contributed by atoms with van der Waals surface area (Å²) in [6, 6.07) is -0.887. The maximum atomic E-state index is 12.4. The molecule has 1 saturated heterocycles. The van der Waals surface area contributed by atoms with Gasteiger partial charge in [0.25, 0.3) is 0 Å². The van der Waals surface area contributed by atoms with Crippen molar-refractivity contribution in [1.29, 1.82) is 0 Å². The molecule has 0 aromatic heterocycles. The summed E-state index contributed by atoms with van der Waals surface area (Å²) in [5.74, 6) is 0.336. The summed E-state index contributed by atoms with van der Waals surface area (Å²) in [7, 11) is 0. The Morgan fingerprint density at radius 3 is 2.62 bits per heavy atom. The summed E-state index contributed by atoms with van der Waals surface area (Å²) in [6.45, 7) is 2.72. The number of urea groups is 1. The highest BCUT2D eigenvalue weighted by molar-refractivity contribution is 8.00. The summed E-state index contributed by atoms with van der Waals surface area (Å²) >= 11 is 1.58. The molecule has 2 N–H and O–H groups in total. The molecule has 0 aromatic carbocycles. The third kappa shape index (κ3) is 4.28. The zero-order valence-corrected chi connectivity index (χ0v) is 13.5. The second kappa shape index (κ2) is 7.92. The van der Waals surface area contributed by atoms with Gasteiger partial charge < -0.3 is 10.4 Å². The maximum Gasteiger partial charge on any atom is 0.327 e. The van der Waals surface area contributed by atoms with E-state index in [1.165, 1.54) is 25.7 Å². The van der Waals surface area contributed by atoms with Gasteiger partial charge in [0.2, 0.25) is 0 Å². The van der Waals surface area contributed by atoms with Crippen LogP contribution < -0.4 is 5.32 Å². The molecule has 1 aliphatic heterocycles. The molecule has 2 amide bonds. The van der Waals surface area contributed by atoms with Crippen LogP contribution in [0.5, 0.6) is 0 Å². The van der Waals surface area contributed by atoms with Crippen LogP contribution in [-0.4, -0.2) is 45.7 Å². The van der Waals surface area contributed by atoms with E-state index in [9.17, 15) is 14.7 Å². The molecule has 1 aliphatic carbocycles. The number of aliphatic carboxylic acids is 1. The molecule has 0 radical (unpaired) electrons. The zero-order valence-electron chi connectivity index (χ0n) is 12.7. The number of thioether (sulfide) groups is 1. The number of amides is 2.